The van der Waals surface area contributed by atoms with Crippen LogP contribution < -0.4 is 0 Å². The standard InChI is InChI=1S/C16H14O7/c1-6-12(20)8-5-11(19)15(23-16(8)14(22)13(6)21)7-2-3-9(17)10(18)4-7/h2-4,11,15,17-20H,5H2,1H3/t11-,15?/m0/s1. The SMILES string of the molecule is CC1=C(O)C2=C(OC(c3ccc(O)c(O)c3)[C@@H](O)C2)C(=O)C1=O. The molecule has 1 aliphatic heterocycles. The van der Waals surface area contributed by atoms with Crippen molar-refractivity contribution in [1.29, 1.82) is 0 Å². The van der Waals surface area contributed by atoms with Crippen molar-refractivity contribution in [2.45, 2.75) is 25.6 Å². The van der Waals surface area contributed by atoms with E-state index in [0.717, 1.165) is 0 Å². The summed E-state index contributed by atoms with van der Waals surface area (Å²) >= 11 is 0. The van der Waals surface area contributed by atoms with Crippen molar-refractivity contribution in [3.63, 3.8) is 0 Å². The normalized spacial score (nSPS) is 24.6. The molecule has 1 aromatic carbocycles. The van der Waals surface area contributed by atoms with Gasteiger partial charge in [0.25, 0.3) is 5.78 Å². The average molecular weight is 318 g/mol. The number of allylic oxidation sites excluding steroid dienone is 3. The first-order valence-corrected chi connectivity index (χ1v) is 6.90. The maximum absolute atomic E-state index is 12.1. The van der Waals surface area contributed by atoms with Gasteiger partial charge in [0.2, 0.25) is 5.78 Å². The van der Waals surface area contributed by atoms with Crippen LogP contribution in [0.1, 0.15) is 25.0 Å². The van der Waals surface area contributed by atoms with Gasteiger partial charge >= 0.3 is 0 Å². The van der Waals surface area contributed by atoms with E-state index in [1.807, 2.05) is 0 Å². The van der Waals surface area contributed by atoms with Crippen LogP contribution in [0.5, 0.6) is 11.5 Å². The third-order valence-corrected chi connectivity index (χ3v) is 4.00. The topological polar surface area (TPSA) is 124 Å². The van der Waals surface area contributed by atoms with Gasteiger partial charge in [0.15, 0.2) is 23.4 Å². The van der Waals surface area contributed by atoms with Gasteiger partial charge in [0.1, 0.15) is 5.76 Å². The Bertz CT molecular complexity index is 788. The molecular formula is C16H14O7. The number of carbonyl (C=O) groups is 2. The smallest absolute Gasteiger partial charge is 0.268 e. The van der Waals surface area contributed by atoms with Crippen molar-refractivity contribution >= 4 is 11.6 Å². The number of hydrogen-bond acceptors (Lipinski definition) is 7. The summed E-state index contributed by atoms with van der Waals surface area (Å²) in [6.45, 7) is 1.33. The number of ether oxygens (including phenoxy) is 1. The zero-order valence-corrected chi connectivity index (χ0v) is 12.1. The molecule has 1 aliphatic carbocycles. The van der Waals surface area contributed by atoms with Crippen molar-refractivity contribution in [3.05, 3.63) is 46.4 Å². The molecule has 0 radical (unpaired) electrons. The second kappa shape index (κ2) is 5.13. The van der Waals surface area contributed by atoms with Crippen molar-refractivity contribution < 1.29 is 34.8 Å². The summed E-state index contributed by atoms with van der Waals surface area (Å²) in [6, 6.07) is 3.84. The average Bonchev–Trinajstić information content (AvgIpc) is 2.53. The van der Waals surface area contributed by atoms with Crippen LogP contribution in [-0.2, 0) is 14.3 Å². The summed E-state index contributed by atoms with van der Waals surface area (Å²) < 4.78 is 5.46. The lowest BCUT2D eigenvalue weighted by Crippen LogP contribution is -2.35. The molecule has 0 aromatic heterocycles. The van der Waals surface area contributed by atoms with Gasteiger partial charge in [0.05, 0.1) is 6.10 Å². The number of ketones is 2. The first-order chi connectivity index (χ1) is 10.8. The highest BCUT2D eigenvalue weighted by Gasteiger charge is 2.42. The summed E-state index contributed by atoms with van der Waals surface area (Å²) in [5, 5.41) is 39.1. The number of phenolic OH excluding ortho intramolecular Hbond substituents is 2. The third kappa shape index (κ3) is 2.25. The van der Waals surface area contributed by atoms with E-state index in [1.54, 1.807) is 0 Å². The van der Waals surface area contributed by atoms with Crippen LogP contribution in [0.4, 0.5) is 0 Å². The highest BCUT2D eigenvalue weighted by atomic mass is 16.5. The molecule has 1 unspecified atom stereocenters. The van der Waals surface area contributed by atoms with Gasteiger partial charge in [-0.15, -0.1) is 0 Å². The molecule has 2 atom stereocenters. The van der Waals surface area contributed by atoms with E-state index in [4.69, 9.17) is 4.74 Å². The lowest BCUT2D eigenvalue weighted by molar-refractivity contribution is -0.137. The molecule has 4 N–H and O–H groups in total. The fourth-order valence-corrected chi connectivity index (χ4v) is 2.70. The van der Waals surface area contributed by atoms with Crippen molar-refractivity contribution in [3.8, 4) is 11.5 Å². The van der Waals surface area contributed by atoms with Gasteiger partial charge in [-0.1, -0.05) is 6.07 Å². The monoisotopic (exact) mass is 318 g/mol. The summed E-state index contributed by atoms with van der Waals surface area (Å²) in [4.78, 5) is 23.9. The zero-order valence-electron chi connectivity index (χ0n) is 12.1. The number of carbonyl (C=O) groups excluding carboxylic acids is 2. The first-order valence-electron chi connectivity index (χ1n) is 6.90. The highest BCUT2D eigenvalue weighted by molar-refractivity contribution is 6.49. The largest absolute Gasteiger partial charge is 0.507 e. The van der Waals surface area contributed by atoms with Crippen molar-refractivity contribution in [2.75, 3.05) is 0 Å². The number of aromatic hydroxyl groups is 2. The summed E-state index contributed by atoms with van der Waals surface area (Å²) in [6.07, 6.45) is -2.19. The molecular weight excluding hydrogens is 304 g/mol. The molecule has 0 saturated heterocycles. The molecule has 0 bridgehead atoms. The van der Waals surface area contributed by atoms with E-state index in [-0.39, 0.29) is 34.8 Å². The van der Waals surface area contributed by atoms with Crippen LogP contribution >= 0.6 is 0 Å². The van der Waals surface area contributed by atoms with Gasteiger partial charge in [0, 0.05) is 17.6 Å². The number of hydrogen-bond donors (Lipinski definition) is 4. The Morgan fingerprint density at radius 2 is 1.78 bits per heavy atom. The minimum atomic E-state index is -1.10. The van der Waals surface area contributed by atoms with E-state index in [9.17, 15) is 30.0 Å². The Morgan fingerprint density at radius 3 is 2.43 bits per heavy atom. The van der Waals surface area contributed by atoms with Gasteiger partial charge in [-0.05, 0) is 24.6 Å². The number of benzene rings is 1. The Kier molecular flexibility index (Phi) is 3.37. The molecule has 7 nitrogen and oxygen atoms in total. The van der Waals surface area contributed by atoms with E-state index in [2.05, 4.69) is 0 Å². The Labute approximate surface area is 130 Å². The van der Waals surface area contributed by atoms with Crippen LogP contribution in [0.15, 0.2) is 40.9 Å². The Hall–Kier alpha value is -2.80. The van der Waals surface area contributed by atoms with Gasteiger partial charge in [-0.2, -0.15) is 0 Å². The van der Waals surface area contributed by atoms with Gasteiger partial charge in [-0.25, -0.2) is 0 Å². The number of aliphatic hydroxyl groups excluding tert-OH is 2. The Balaban J connectivity index is 2.03. The summed E-state index contributed by atoms with van der Waals surface area (Å²) in [5.41, 5.74) is 0.342. The van der Waals surface area contributed by atoms with Gasteiger partial charge < -0.3 is 25.2 Å². The number of aliphatic hydroxyl groups is 2. The van der Waals surface area contributed by atoms with Crippen molar-refractivity contribution in [2.24, 2.45) is 0 Å². The maximum Gasteiger partial charge on any atom is 0.268 e. The van der Waals surface area contributed by atoms with E-state index in [0.29, 0.717) is 5.56 Å². The molecule has 23 heavy (non-hydrogen) atoms. The second-order valence-corrected chi connectivity index (χ2v) is 5.50. The fourth-order valence-electron chi connectivity index (χ4n) is 2.70. The van der Waals surface area contributed by atoms with Crippen LogP contribution in [0.2, 0.25) is 0 Å². The predicted octanol–water partition coefficient (Wildman–Crippen LogP) is 1.16. The summed E-state index contributed by atoms with van der Waals surface area (Å²) in [5.74, 6) is -3.11. The minimum Gasteiger partial charge on any atom is -0.507 e. The van der Waals surface area contributed by atoms with Crippen LogP contribution in [0.25, 0.3) is 0 Å². The van der Waals surface area contributed by atoms with E-state index < -0.39 is 29.5 Å². The summed E-state index contributed by atoms with van der Waals surface area (Å²) in [7, 11) is 0. The molecule has 0 spiro atoms. The van der Waals surface area contributed by atoms with Crippen LogP contribution in [-0.4, -0.2) is 38.1 Å². The predicted molar refractivity (Wildman–Crippen MR) is 76.6 cm³/mol. The molecule has 0 fully saturated rings. The van der Waals surface area contributed by atoms with Crippen LogP contribution in [0.3, 0.4) is 0 Å². The van der Waals surface area contributed by atoms with Crippen LogP contribution in [0, 0.1) is 0 Å². The zero-order chi connectivity index (χ0) is 16.9. The maximum atomic E-state index is 12.1. The third-order valence-electron chi connectivity index (χ3n) is 4.00. The van der Waals surface area contributed by atoms with Crippen molar-refractivity contribution in [1.82, 2.24) is 0 Å². The fraction of sp³-hybridized carbons (Fsp3) is 0.250. The molecule has 2 aliphatic rings. The first kappa shape index (κ1) is 15.1. The molecule has 120 valence electrons. The number of Topliss-reactive ketones (excluding diaryl/α,β-unsaturated/α-hetero) is 2. The number of phenols is 2. The highest BCUT2D eigenvalue weighted by Crippen LogP contribution is 2.41. The van der Waals surface area contributed by atoms with E-state index >= 15 is 0 Å². The second-order valence-electron chi connectivity index (χ2n) is 5.50. The van der Waals surface area contributed by atoms with Gasteiger partial charge in [-0.3, -0.25) is 9.59 Å². The Morgan fingerprint density at radius 1 is 1.09 bits per heavy atom. The lowest BCUT2D eigenvalue weighted by atomic mass is 9.86. The molecule has 1 aromatic rings. The lowest BCUT2D eigenvalue weighted by Gasteiger charge is -2.33. The number of rotatable bonds is 1. The molecule has 3 rings (SSSR count). The quantitative estimate of drug-likeness (QED) is 0.348. The van der Waals surface area contributed by atoms with E-state index in [1.165, 1.54) is 25.1 Å². The molecule has 0 saturated carbocycles. The molecule has 7 heteroatoms. The molecule has 1 heterocycles. The minimum absolute atomic E-state index is 0.0784. The molecule has 0 amide bonds.